The minimum Gasteiger partial charge on any atom is -0.505 e. The molecule has 2 heterocycles. The number of rotatable bonds is 1. The molecule has 6 nitrogen and oxygen atoms in total. The summed E-state index contributed by atoms with van der Waals surface area (Å²) >= 11 is 1.21. The van der Waals surface area contributed by atoms with Gasteiger partial charge in [0.15, 0.2) is 11.3 Å². The maximum atomic E-state index is 11.8. The summed E-state index contributed by atoms with van der Waals surface area (Å²) in [7, 11) is 2.65. The Morgan fingerprint density at radius 1 is 1.62 bits per heavy atom. The third kappa shape index (κ3) is 1.28. The van der Waals surface area contributed by atoms with Crippen LogP contribution in [0, 0.1) is 0 Å². The first kappa shape index (κ1) is 10.6. The van der Waals surface area contributed by atoms with Gasteiger partial charge in [0.25, 0.3) is 5.56 Å². The number of methoxy groups -OCH3 is 1. The molecular formula is C9H8N2O4S. The number of carbonyl (C=O) groups excluding carboxylic acids is 1. The van der Waals surface area contributed by atoms with Crippen LogP contribution in [0.3, 0.4) is 0 Å². The number of aryl methyl sites for hydroxylation is 1. The molecule has 2 aromatic rings. The van der Waals surface area contributed by atoms with Crippen LogP contribution in [0.15, 0.2) is 10.3 Å². The van der Waals surface area contributed by atoms with Crippen molar-refractivity contribution in [3.8, 4) is 5.75 Å². The molecule has 0 saturated carbocycles. The zero-order valence-electron chi connectivity index (χ0n) is 8.55. The molecule has 7 heteroatoms. The zero-order valence-corrected chi connectivity index (χ0v) is 9.37. The molecule has 0 radical (unpaired) electrons. The Hall–Kier alpha value is -1.89. The van der Waals surface area contributed by atoms with Gasteiger partial charge in [-0.05, 0) is 0 Å². The lowest BCUT2D eigenvalue weighted by Gasteiger charge is -2.05. The largest absolute Gasteiger partial charge is 0.505 e. The molecule has 1 N–H and O–H groups in total. The summed E-state index contributed by atoms with van der Waals surface area (Å²) in [6.45, 7) is 0. The van der Waals surface area contributed by atoms with Gasteiger partial charge in [-0.3, -0.25) is 4.79 Å². The van der Waals surface area contributed by atoms with Gasteiger partial charge < -0.3 is 14.4 Å². The smallest absolute Gasteiger partial charge is 0.347 e. The monoisotopic (exact) mass is 240 g/mol. The number of hydrogen-bond donors (Lipinski definition) is 1. The lowest BCUT2D eigenvalue weighted by molar-refractivity contribution is 0.0595. The Kier molecular flexibility index (Phi) is 2.39. The predicted molar refractivity (Wildman–Crippen MR) is 57.9 cm³/mol. The maximum Gasteiger partial charge on any atom is 0.347 e. The first-order valence-corrected chi connectivity index (χ1v) is 5.19. The fourth-order valence-corrected chi connectivity index (χ4v) is 2.17. The molecule has 0 amide bonds. The van der Waals surface area contributed by atoms with E-state index in [1.165, 1.54) is 28.5 Å². The van der Waals surface area contributed by atoms with E-state index >= 15 is 0 Å². The van der Waals surface area contributed by atoms with Crippen LogP contribution < -0.4 is 5.56 Å². The van der Waals surface area contributed by atoms with Crippen molar-refractivity contribution < 1.29 is 14.6 Å². The summed E-state index contributed by atoms with van der Waals surface area (Å²) in [5.41, 5.74) is 0.738. The van der Waals surface area contributed by atoms with Gasteiger partial charge in [0, 0.05) is 7.05 Å². The van der Waals surface area contributed by atoms with E-state index in [0.717, 1.165) is 7.11 Å². The Bertz CT molecular complexity index is 628. The highest BCUT2D eigenvalue weighted by Gasteiger charge is 2.22. The van der Waals surface area contributed by atoms with Gasteiger partial charge in [-0.25, -0.2) is 9.78 Å². The van der Waals surface area contributed by atoms with Crippen LogP contribution in [0.5, 0.6) is 5.75 Å². The summed E-state index contributed by atoms with van der Waals surface area (Å²) in [4.78, 5) is 27.5. The molecule has 0 atom stereocenters. The molecule has 16 heavy (non-hydrogen) atoms. The highest BCUT2D eigenvalue weighted by molar-refractivity contribution is 7.16. The van der Waals surface area contributed by atoms with Gasteiger partial charge in [-0.2, -0.15) is 0 Å². The average Bonchev–Trinajstić information content (AvgIpc) is 2.75. The SMILES string of the molecule is COC(=O)c1c(O)c2ncsc2n(C)c1=O. The van der Waals surface area contributed by atoms with E-state index in [1.54, 1.807) is 0 Å². The van der Waals surface area contributed by atoms with E-state index in [2.05, 4.69) is 9.72 Å². The Morgan fingerprint density at radius 2 is 2.31 bits per heavy atom. The quantitative estimate of drug-likeness (QED) is 0.733. The second-order valence-corrected chi connectivity index (χ2v) is 3.92. The van der Waals surface area contributed by atoms with Crippen molar-refractivity contribution in [3.05, 3.63) is 21.4 Å². The molecule has 0 aliphatic rings. The van der Waals surface area contributed by atoms with Crippen molar-refractivity contribution in [2.24, 2.45) is 7.05 Å². The molecule has 0 spiro atoms. The zero-order chi connectivity index (χ0) is 11.9. The van der Waals surface area contributed by atoms with Crippen LogP contribution >= 0.6 is 11.3 Å². The second-order valence-electron chi connectivity index (χ2n) is 3.09. The average molecular weight is 240 g/mol. The van der Waals surface area contributed by atoms with Crippen LogP contribution in [0.25, 0.3) is 10.3 Å². The van der Waals surface area contributed by atoms with Gasteiger partial charge in [-0.15, -0.1) is 11.3 Å². The van der Waals surface area contributed by atoms with E-state index in [1.807, 2.05) is 0 Å². The molecule has 84 valence electrons. The Balaban J connectivity index is 2.94. The number of nitrogens with zero attached hydrogens (tertiary/aromatic N) is 2. The number of carbonyl (C=O) groups is 1. The molecule has 0 fully saturated rings. The van der Waals surface area contributed by atoms with E-state index < -0.39 is 17.3 Å². The number of pyridine rings is 1. The third-order valence-electron chi connectivity index (χ3n) is 2.22. The fraction of sp³-hybridized carbons (Fsp3) is 0.222. The van der Waals surface area contributed by atoms with Gasteiger partial charge in [0.2, 0.25) is 0 Å². The van der Waals surface area contributed by atoms with E-state index in [4.69, 9.17) is 0 Å². The number of aromatic hydroxyl groups is 1. The lowest BCUT2D eigenvalue weighted by Crippen LogP contribution is -2.25. The molecule has 0 aromatic carbocycles. The number of aromatic nitrogens is 2. The van der Waals surface area contributed by atoms with Crippen LogP contribution in [0.4, 0.5) is 0 Å². The first-order chi connectivity index (χ1) is 7.57. The number of ether oxygens (including phenoxy) is 1. The normalized spacial score (nSPS) is 10.6. The Labute approximate surface area is 93.7 Å². The molecule has 0 bridgehead atoms. The summed E-state index contributed by atoms with van der Waals surface area (Å²) < 4.78 is 5.70. The fourth-order valence-electron chi connectivity index (χ4n) is 1.41. The second kappa shape index (κ2) is 3.60. The first-order valence-electron chi connectivity index (χ1n) is 4.31. The summed E-state index contributed by atoms with van der Waals surface area (Å²) in [5, 5.41) is 9.78. The summed E-state index contributed by atoms with van der Waals surface area (Å²) in [5.74, 6) is -1.29. The van der Waals surface area contributed by atoms with E-state index in [0.29, 0.717) is 4.83 Å². The maximum absolute atomic E-state index is 11.8. The van der Waals surface area contributed by atoms with Crippen molar-refractivity contribution >= 4 is 27.7 Å². The minimum atomic E-state index is -0.868. The van der Waals surface area contributed by atoms with Crippen LogP contribution in [0.2, 0.25) is 0 Å². The molecule has 2 rings (SSSR count). The van der Waals surface area contributed by atoms with Crippen LogP contribution in [-0.4, -0.2) is 27.7 Å². The van der Waals surface area contributed by atoms with Gasteiger partial charge in [-0.1, -0.05) is 0 Å². The molecule has 0 aliphatic carbocycles. The van der Waals surface area contributed by atoms with Crippen LogP contribution in [0.1, 0.15) is 10.4 Å². The van der Waals surface area contributed by atoms with E-state index in [-0.39, 0.29) is 11.1 Å². The topological polar surface area (TPSA) is 81.4 Å². The number of hydrogen-bond acceptors (Lipinski definition) is 6. The lowest BCUT2D eigenvalue weighted by atomic mass is 10.2. The van der Waals surface area contributed by atoms with Crippen molar-refractivity contribution in [2.75, 3.05) is 7.11 Å². The molecule has 0 unspecified atom stereocenters. The van der Waals surface area contributed by atoms with Crippen molar-refractivity contribution in [2.45, 2.75) is 0 Å². The highest BCUT2D eigenvalue weighted by Crippen LogP contribution is 2.27. The molecular weight excluding hydrogens is 232 g/mol. The van der Waals surface area contributed by atoms with Gasteiger partial charge in [0.1, 0.15) is 10.3 Å². The van der Waals surface area contributed by atoms with E-state index in [9.17, 15) is 14.7 Å². The standard InChI is InChI=1S/C9H8N2O4S/c1-11-7(13)4(9(14)15-2)6(12)5-8(11)16-3-10-5/h3,12H,1-2H3. The molecule has 0 aliphatic heterocycles. The van der Waals surface area contributed by atoms with Crippen molar-refractivity contribution in [3.63, 3.8) is 0 Å². The Morgan fingerprint density at radius 3 is 2.94 bits per heavy atom. The summed E-state index contributed by atoms with van der Waals surface area (Å²) in [6, 6.07) is 0. The van der Waals surface area contributed by atoms with Gasteiger partial charge >= 0.3 is 5.97 Å². The molecule has 2 aromatic heterocycles. The highest BCUT2D eigenvalue weighted by atomic mass is 32.1. The number of thiazole rings is 1. The molecule has 0 saturated heterocycles. The van der Waals surface area contributed by atoms with Gasteiger partial charge in [0.05, 0.1) is 12.6 Å². The van der Waals surface area contributed by atoms with Crippen LogP contribution in [-0.2, 0) is 11.8 Å². The van der Waals surface area contributed by atoms with Crippen molar-refractivity contribution in [1.29, 1.82) is 0 Å². The minimum absolute atomic E-state index is 0.229. The number of esters is 1. The predicted octanol–water partition coefficient (Wildman–Crippen LogP) is 0.487. The third-order valence-corrected chi connectivity index (χ3v) is 3.12. The summed E-state index contributed by atoms with van der Waals surface area (Å²) in [6.07, 6.45) is 0. The number of fused-ring (bicyclic) bond motifs is 1. The van der Waals surface area contributed by atoms with Crippen molar-refractivity contribution in [1.82, 2.24) is 9.55 Å².